The Kier molecular flexibility index (Phi) is 4.50. The summed E-state index contributed by atoms with van der Waals surface area (Å²) in [4.78, 5) is 12.8. The first kappa shape index (κ1) is 13.2. The molecule has 16 heavy (non-hydrogen) atoms. The molecule has 1 aromatic rings. The van der Waals surface area contributed by atoms with Gasteiger partial charge in [-0.2, -0.15) is 0 Å². The van der Waals surface area contributed by atoms with Crippen molar-refractivity contribution >= 4 is 17.2 Å². The molecule has 0 aromatic carbocycles. The molecule has 0 spiro atoms. The van der Waals surface area contributed by atoms with Crippen LogP contribution in [-0.2, 0) is 4.79 Å². The maximum absolute atomic E-state index is 11.6. The van der Waals surface area contributed by atoms with Crippen LogP contribution in [0.5, 0.6) is 0 Å². The van der Waals surface area contributed by atoms with Crippen LogP contribution in [0.15, 0.2) is 17.5 Å². The Morgan fingerprint density at radius 1 is 1.62 bits per heavy atom. The zero-order valence-electron chi connectivity index (χ0n) is 10.1. The highest BCUT2D eigenvalue weighted by molar-refractivity contribution is 7.10. The summed E-state index contributed by atoms with van der Waals surface area (Å²) >= 11 is 1.66. The van der Waals surface area contributed by atoms with Gasteiger partial charge in [0.25, 0.3) is 0 Å². The molecule has 1 aromatic heterocycles. The summed E-state index contributed by atoms with van der Waals surface area (Å²) in [6.07, 6.45) is 1.19. The fraction of sp³-hybridized carbons (Fsp3) is 0.583. The third-order valence-corrected chi connectivity index (χ3v) is 3.40. The van der Waals surface area contributed by atoms with Gasteiger partial charge in [0.2, 0.25) is 5.91 Å². The lowest BCUT2D eigenvalue weighted by Crippen LogP contribution is -2.34. The van der Waals surface area contributed by atoms with E-state index in [1.54, 1.807) is 11.3 Å². The number of amides is 1. The van der Waals surface area contributed by atoms with Crippen LogP contribution < -0.4 is 11.1 Å². The molecule has 0 radical (unpaired) electrons. The van der Waals surface area contributed by atoms with Gasteiger partial charge >= 0.3 is 0 Å². The van der Waals surface area contributed by atoms with Crippen LogP contribution in [0.25, 0.3) is 0 Å². The second-order valence-corrected chi connectivity index (χ2v) is 5.77. The molecule has 1 unspecified atom stereocenters. The summed E-state index contributed by atoms with van der Waals surface area (Å²) in [5.74, 6) is 0.0689. The summed E-state index contributed by atoms with van der Waals surface area (Å²) in [6, 6.07) is 4.11. The Hall–Kier alpha value is -0.870. The lowest BCUT2D eigenvalue weighted by Gasteiger charge is -2.18. The number of rotatable bonds is 5. The summed E-state index contributed by atoms with van der Waals surface area (Å²) in [5, 5.41) is 4.99. The molecule has 0 aliphatic rings. The van der Waals surface area contributed by atoms with Crippen molar-refractivity contribution in [2.24, 2.45) is 5.73 Å². The van der Waals surface area contributed by atoms with Crippen LogP contribution in [0.4, 0.5) is 0 Å². The average Bonchev–Trinajstić information content (AvgIpc) is 2.66. The van der Waals surface area contributed by atoms with Gasteiger partial charge < -0.3 is 11.1 Å². The van der Waals surface area contributed by atoms with Gasteiger partial charge in [-0.05, 0) is 38.6 Å². The Balaban J connectivity index is 2.35. The molecule has 3 N–H and O–H groups in total. The number of nitrogens with one attached hydrogen (secondary N) is 1. The third kappa shape index (κ3) is 4.77. The van der Waals surface area contributed by atoms with Crippen molar-refractivity contribution in [3.8, 4) is 0 Å². The molecule has 90 valence electrons. The van der Waals surface area contributed by atoms with Gasteiger partial charge in [-0.3, -0.25) is 4.79 Å². The Bertz CT molecular complexity index is 327. The van der Waals surface area contributed by atoms with E-state index in [1.807, 2.05) is 38.3 Å². The van der Waals surface area contributed by atoms with E-state index in [-0.39, 0.29) is 17.5 Å². The SMILES string of the molecule is CC(NC(=O)CCC(C)(C)N)c1cccs1. The van der Waals surface area contributed by atoms with E-state index in [2.05, 4.69) is 5.32 Å². The van der Waals surface area contributed by atoms with Crippen molar-refractivity contribution in [1.29, 1.82) is 0 Å². The highest BCUT2D eigenvalue weighted by atomic mass is 32.1. The molecule has 0 saturated heterocycles. The van der Waals surface area contributed by atoms with Crippen molar-refractivity contribution in [2.75, 3.05) is 0 Å². The molecule has 0 aliphatic heterocycles. The smallest absolute Gasteiger partial charge is 0.220 e. The molecule has 1 amide bonds. The van der Waals surface area contributed by atoms with Gasteiger partial charge in [0.15, 0.2) is 0 Å². The van der Waals surface area contributed by atoms with E-state index < -0.39 is 0 Å². The second-order valence-electron chi connectivity index (χ2n) is 4.79. The third-order valence-electron chi connectivity index (χ3n) is 2.34. The zero-order chi connectivity index (χ0) is 12.2. The monoisotopic (exact) mass is 240 g/mol. The van der Waals surface area contributed by atoms with E-state index in [0.717, 1.165) is 0 Å². The minimum absolute atomic E-state index is 0.0689. The summed E-state index contributed by atoms with van der Waals surface area (Å²) in [7, 11) is 0. The zero-order valence-corrected chi connectivity index (χ0v) is 10.9. The van der Waals surface area contributed by atoms with E-state index >= 15 is 0 Å². The molecule has 1 atom stereocenters. The van der Waals surface area contributed by atoms with E-state index in [4.69, 9.17) is 5.73 Å². The minimum atomic E-state index is -0.274. The van der Waals surface area contributed by atoms with Crippen LogP contribution >= 0.6 is 11.3 Å². The van der Waals surface area contributed by atoms with E-state index in [1.165, 1.54) is 4.88 Å². The van der Waals surface area contributed by atoms with Gasteiger partial charge in [-0.1, -0.05) is 6.07 Å². The Labute approximate surface area is 101 Å². The average molecular weight is 240 g/mol. The van der Waals surface area contributed by atoms with Crippen LogP contribution in [-0.4, -0.2) is 11.4 Å². The fourth-order valence-corrected chi connectivity index (χ4v) is 2.09. The highest BCUT2D eigenvalue weighted by Gasteiger charge is 2.15. The van der Waals surface area contributed by atoms with Crippen molar-refractivity contribution in [2.45, 2.75) is 45.2 Å². The fourth-order valence-electron chi connectivity index (χ4n) is 1.36. The van der Waals surface area contributed by atoms with Gasteiger partial charge in [0, 0.05) is 16.8 Å². The number of nitrogens with two attached hydrogens (primary N) is 1. The predicted molar refractivity (Wildman–Crippen MR) is 68.4 cm³/mol. The topological polar surface area (TPSA) is 55.1 Å². The molecule has 4 heteroatoms. The van der Waals surface area contributed by atoms with E-state index in [0.29, 0.717) is 12.8 Å². The first-order valence-electron chi connectivity index (χ1n) is 5.50. The Morgan fingerprint density at radius 3 is 2.81 bits per heavy atom. The maximum atomic E-state index is 11.6. The molecule has 3 nitrogen and oxygen atoms in total. The first-order valence-corrected chi connectivity index (χ1v) is 6.38. The quantitative estimate of drug-likeness (QED) is 0.830. The summed E-state index contributed by atoms with van der Waals surface area (Å²) in [5.41, 5.74) is 5.56. The van der Waals surface area contributed by atoms with Crippen LogP contribution in [0.3, 0.4) is 0 Å². The highest BCUT2D eigenvalue weighted by Crippen LogP contribution is 2.18. The Morgan fingerprint density at radius 2 is 2.31 bits per heavy atom. The van der Waals surface area contributed by atoms with E-state index in [9.17, 15) is 4.79 Å². The summed E-state index contributed by atoms with van der Waals surface area (Å²) < 4.78 is 0. The number of hydrogen-bond acceptors (Lipinski definition) is 3. The second kappa shape index (κ2) is 5.46. The first-order chi connectivity index (χ1) is 7.38. The standard InChI is InChI=1S/C12H20N2OS/c1-9(10-5-4-8-16-10)14-11(15)6-7-12(2,3)13/h4-5,8-9H,6-7,13H2,1-3H3,(H,14,15). The predicted octanol–water partition coefficient (Wildman–Crippen LogP) is 2.44. The van der Waals surface area contributed by atoms with Gasteiger partial charge in [-0.25, -0.2) is 0 Å². The molecule has 0 aliphatic carbocycles. The molecule has 1 rings (SSSR count). The van der Waals surface area contributed by atoms with Crippen LogP contribution in [0.1, 0.15) is 44.5 Å². The number of carbonyl (C=O) groups is 1. The summed E-state index contributed by atoms with van der Waals surface area (Å²) in [6.45, 7) is 5.86. The number of hydrogen-bond donors (Lipinski definition) is 2. The molecule has 1 heterocycles. The van der Waals surface area contributed by atoms with Gasteiger partial charge in [-0.15, -0.1) is 11.3 Å². The molecule has 0 bridgehead atoms. The van der Waals surface area contributed by atoms with Crippen molar-refractivity contribution in [3.63, 3.8) is 0 Å². The molecular weight excluding hydrogens is 220 g/mol. The lowest BCUT2D eigenvalue weighted by molar-refractivity contribution is -0.122. The largest absolute Gasteiger partial charge is 0.349 e. The van der Waals surface area contributed by atoms with Crippen molar-refractivity contribution in [1.82, 2.24) is 5.32 Å². The van der Waals surface area contributed by atoms with Gasteiger partial charge in [0.1, 0.15) is 0 Å². The maximum Gasteiger partial charge on any atom is 0.220 e. The molecule has 0 fully saturated rings. The van der Waals surface area contributed by atoms with Crippen molar-refractivity contribution < 1.29 is 4.79 Å². The van der Waals surface area contributed by atoms with Crippen LogP contribution in [0.2, 0.25) is 0 Å². The lowest BCUT2D eigenvalue weighted by atomic mass is 10.00. The number of carbonyl (C=O) groups excluding carboxylic acids is 1. The van der Waals surface area contributed by atoms with Crippen LogP contribution in [0, 0.1) is 0 Å². The molecule has 0 saturated carbocycles. The minimum Gasteiger partial charge on any atom is -0.349 e. The molecular formula is C12H20N2OS. The normalized spacial score (nSPS) is 13.5. The number of thiophene rings is 1. The van der Waals surface area contributed by atoms with Crippen molar-refractivity contribution in [3.05, 3.63) is 22.4 Å². The van der Waals surface area contributed by atoms with Gasteiger partial charge in [0.05, 0.1) is 6.04 Å².